The molecule has 0 unspecified atom stereocenters. The van der Waals surface area contributed by atoms with Gasteiger partial charge in [-0.05, 0) is 38.1 Å². The molecule has 0 atom stereocenters. The van der Waals surface area contributed by atoms with E-state index in [1.54, 1.807) is 4.72 Å². The van der Waals surface area contributed by atoms with Gasteiger partial charge in [-0.1, -0.05) is 0 Å². The lowest BCUT2D eigenvalue weighted by atomic mass is 10.1. The second kappa shape index (κ2) is 4.34. The van der Waals surface area contributed by atoms with Crippen LogP contribution in [0.3, 0.4) is 0 Å². The molecule has 0 aliphatic rings. The van der Waals surface area contributed by atoms with Crippen molar-refractivity contribution >= 4 is 21.6 Å². The quantitative estimate of drug-likeness (QED) is 0.653. The molecule has 6 nitrogen and oxygen atoms in total. The van der Waals surface area contributed by atoms with Crippen molar-refractivity contribution in [2.75, 3.05) is 5.73 Å². The van der Waals surface area contributed by atoms with Gasteiger partial charge in [0, 0.05) is 5.69 Å². The number of anilines is 1. The molecule has 17 heavy (non-hydrogen) atoms. The number of hydrogen-bond acceptors (Lipinski definition) is 5. The summed E-state index contributed by atoms with van der Waals surface area (Å²) in [4.78, 5) is 11.3. The molecule has 1 aromatic rings. The number of aliphatic hydroxyl groups is 1. The number of rotatable bonds is 3. The third-order valence-electron chi connectivity index (χ3n) is 1.97. The van der Waals surface area contributed by atoms with Gasteiger partial charge in [-0.2, -0.15) is 0 Å². The minimum absolute atomic E-state index is 0.0932. The molecule has 0 radical (unpaired) electrons. The van der Waals surface area contributed by atoms with Crippen LogP contribution in [0.2, 0.25) is 0 Å². The van der Waals surface area contributed by atoms with E-state index < -0.39 is 21.5 Å². The molecule has 1 aromatic carbocycles. The Morgan fingerprint density at radius 1 is 1.29 bits per heavy atom. The summed E-state index contributed by atoms with van der Waals surface area (Å²) in [7, 11) is -3.97. The minimum Gasteiger partial charge on any atom is -0.399 e. The number of nitrogens with two attached hydrogens (primary N) is 1. The largest absolute Gasteiger partial charge is 0.399 e. The zero-order valence-corrected chi connectivity index (χ0v) is 10.3. The molecule has 0 heterocycles. The fourth-order valence-corrected chi connectivity index (χ4v) is 2.06. The molecular formula is C10H14N2O4S. The lowest BCUT2D eigenvalue weighted by Gasteiger charge is -2.16. The first-order valence-electron chi connectivity index (χ1n) is 4.78. The zero-order valence-electron chi connectivity index (χ0n) is 9.47. The Kier molecular flexibility index (Phi) is 3.44. The van der Waals surface area contributed by atoms with Crippen molar-refractivity contribution in [3.8, 4) is 0 Å². The topological polar surface area (TPSA) is 109 Å². The summed E-state index contributed by atoms with van der Waals surface area (Å²) >= 11 is 0. The Morgan fingerprint density at radius 2 is 1.76 bits per heavy atom. The van der Waals surface area contributed by atoms with Crippen molar-refractivity contribution in [3.05, 3.63) is 24.3 Å². The summed E-state index contributed by atoms with van der Waals surface area (Å²) in [5.41, 5.74) is 4.07. The predicted octanol–water partition coefficient (Wildman–Crippen LogP) is -0.155. The van der Waals surface area contributed by atoms with Crippen molar-refractivity contribution in [1.29, 1.82) is 0 Å². The standard InChI is InChI=1S/C10H14N2O4S/c1-10(2,14)9(13)12-17(15,16)8-5-3-7(11)4-6-8/h3-6,14H,11H2,1-2H3,(H,12,13). The van der Waals surface area contributed by atoms with E-state index in [-0.39, 0.29) is 4.90 Å². The number of carbonyl (C=O) groups is 1. The predicted molar refractivity (Wildman–Crippen MR) is 62.5 cm³/mol. The van der Waals surface area contributed by atoms with Gasteiger partial charge in [0.15, 0.2) is 0 Å². The van der Waals surface area contributed by atoms with Gasteiger partial charge in [-0.3, -0.25) is 4.79 Å². The molecule has 1 rings (SSSR count). The van der Waals surface area contributed by atoms with E-state index in [2.05, 4.69) is 0 Å². The molecule has 0 saturated carbocycles. The minimum atomic E-state index is -3.97. The van der Waals surface area contributed by atoms with Crippen molar-refractivity contribution in [2.45, 2.75) is 24.3 Å². The number of nitrogens with one attached hydrogen (secondary N) is 1. The van der Waals surface area contributed by atoms with Crippen LogP contribution < -0.4 is 10.5 Å². The Labute approximate surface area is 99.5 Å². The van der Waals surface area contributed by atoms with Crippen LogP contribution in [-0.2, 0) is 14.8 Å². The molecule has 0 spiro atoms. The van der Waals surface area contributed by atoms with Gasteiger partial charge < -0.3 is 10.8 Å². The summed E-state index contributed by atoms with van der Waals surface area (Å²) in [6.45, 7) is 2.39. The van der Waals surface area contributed by atoms with Gasteiger partial charge in [-0.25, -0.2) is 13.1 Å². The van der Waals surface area contributed by atoms with E-state index in [0.717, 1.165) is 0 Å². The van der Waals surface area contributed by atoms with Gasteiger partial charge in [0.25, 0.3) is 15.9 Å². The third-order valence-corrected chi connectivity index (χ3v) is 3.32. The fourth-order valence-electron chi connectivity index (χ4n) is 0.953. The van der Waals surface area contributed by atoms with E-state index in [1.807, 2.05) is 0 Å². The molecule has 4 N–H and O–H groups in total. The molecule has 0 aromatic heterocycles. The Balaban J connectivity index is 2.98. The fraction of sp³-hybridized carbons (Fsp3) is 0.300. The number of carbonyl (C=O) groups excluding carboxylic acids is 1. The van der Waals surface area contributed by atoms with E-state index >= 15 is 0 Å². The van der Waals surface area contributed by atoms with Crippen LogP contribution in [0.1, 0.15) is 13.8 Å². The molecule has 0 fully saturated rings. The number of amides is 1. The molecular weight excluding hydrogens is 244 g/mol. The number of benzene rings is 1. The summed E-state index contributed by atoms with van der Waals surface area (Å²) < 4.78 is 25.2. The summed E-state index contributed by atoms with van der Waals surface area (Å²) in [6, 6.07) is 5.36. The SMILES string of the molecule is CC(C)(O)C(=O)NS(=O)(=O)c1ccc(N)cc1. The number of sulfonamides is 1. The normalized spacial score (nSPS) is 12.2. The molecule has 94 valence electrons. The summed E-state index contributed by atoms with van der Waals surface area (Å²) in [5.74, 6) is -0.991. The molecule has 0 saturated heterocycles. The van der Waals surface area contributed by atoms with Crippen LogP contribution in [0, 0.1) is 0 Å². The summed E-state index contributed by atoms with van der Waals surface area (Å²) in [5, 5.41) is 9.34. The Hall–Kier alpha value is -1.60. The van der Waals surface area contributed by atoms with Gasteiger partial charge >= 0.3 is 0 Å². The highest BCUT2D eigenvalue weighted by Crippen LogP contribution is 2.12. The van der Waals surface area contributed by atoms with Crippen LogP contribution in [0.25, 0.3) is 0 Å². The van der Waals surface area contributed by atoms with Gasteiger partial charge in [0.2, 0.25) is 0 Å². The molecule has 0 bridgehead atoms. The Morgan fingerprint density at radius 3 is 2.18 bits per heavy atom. The maximum atomic E-state index is 11.7. The van der Waals surface area contributed by atoms with Crippen molar-refractivity contribution < 1.29 is 18.3 Å². The highest BCUT2D eigenvalue weighted by Gasteiger charge is 2.28. The van der Waals surface area contributed by atoms with E-state index in [4.69, 9.17) is 5.73 Å². The smallest absolute Gasteiger partial charge is 0.265 e. The van der Waals surface area contributed by atoms with E-state index in [9.17, 15) is 18.3 Å². The zero-order chi connectivity index (χ0) is 13.3. The second-order valence-electron chi connectivity index (χ2n) is 4.06. The summed E-state index contributed by atoms with van der Waals surface area (Å²) in [6.07, 6.45) is 0. The van der Waals surface area contributed by atoms with E-state index in [0.29, 0.717) is 5.69 Å². The van der Waals surface area contributed by atoms with Crippen LogP contribution in [-0.4, -0.2) is 25.0 Å². The van der Waals surface area contributed by atoms with Crippen molar-refractivity contribution in [3.63, 3.8) is 0 Å². The van der Waals surface area contributed by atoms with Crippen LogP contribution in [0.5, 0.6) is 0 Å². The first-order valence-corrected chi connectivity index (χ1v) is 6.26. The third kappa shape index (κ3) is 3.43. The van der Waals surface area contributed by atoms with Gasteiger partial charge in [-0.15, -0.1) is 0 Å². The maximum absolute atomic E-state index is 11.7. The van der Waals surface area contributed by atoms with Crippen LogP contribution in [0.4, 0.5) is 5.69 Å². The van der Waals surface area contributed by atoms with Gasteiger partial charge in [0.1, 0.15) is 5.60 Å². The van der Waals surface area contributed by atoms with Crippen LogP contribution >= 0.6 is 0 Å². The molecule has 0 aliphatic heterocycles. The average Bonchev–Trinajstić information content (AvgIpc) is 2.16. The van der Waals surface area contributed by atoms with Crippen LogP contribution in [0.15, 0.2) is 29.2 Å². The molecule has 0 aliphatic carbocycles. The second-order valence-corrected chi connectivity index (χ2v) is 5.75. The highest BCUT2D eigenvalue weighted by atomic mass is 32.2. The molecule has 7 heteroatoms. The monoisotopic (exact) mass is 258 g/mol. The van der Waals surface area contributed by atoms with Crippen molar-refractivity contribution in [1.82, 2.24) is 4.72 Å². The average molecular weight is 258 g/mol. The maximum Gasteiger partial charge on any atom is 0.265 e. The number of nitrogen functional groups attached to an aromatic ring is 1. The first-order chi connectivity index (χ1) is 7.63. The highest BCUT2D eigenvalue weighted by molar-refractivity contribution is 7.90. The first kappa shape index (κ1) is 13.5. The van der Waals surface area contributed by atoms with E-state index in [1.165, 1.54) is 38.1 Å². The van der Waals surface area contributed by atoms with Crippen molar-refractivity contribution in [2.24, 2.45) is 0 Å². The molecule has 1 amide bonds. The number of hydrogen-bond donors (Lipinski definition) is 3. The van der Waals surface area contributed by atoms with Gasteiger partial charge in [0.05, 0.1) is 4.90 Å². The lowest BCUT2D eigenvalue weighted by molar-refractivity contribution is -0.134. The Bertz CT molecular complexity index is 514. The lowest BCUT2D eigenvalue weighted by Crippen LogP contribution is -2.44.